The maximum Gasteiger partial charge on any atom is 0.573 e. The van der Waals surface area contributed by atoms with Gasteiger partial charge in [0.1, 0.15) is 17.8 Å². The van der Waals surface area contributed by atoms with Crippen molar-refractivity contribution >= 4 is 5.78 Å². The maximum absolute atomic E-state index is 12.0. The van der Waals surface area contributed by atoms with Crippen molar-refractivity contribution in [1.29, 1.82) is 0 Å². The molecule has 0 saturated heterocycles. The van der Waals surface area contributed by atoms with Crippen LogP contribution in [0.15, 0.2) is 42.9 Å². The molecule has 0 saturated carbocycles. The minimum absolute atomic E-state index is 0.0450. The fourth-order valence-electron chi connectivity index (χ4n) is 1.54. The number of rotatable bonds is 4. The van der Waals surface area contributed by atoms with Crippen molar-refractivity contribution in [2.45, 2.75) is 12.8 Å². The molecule has 0 atom stereocenters. The number of ether oxygens (including phenoxy) is 1. The normalized spacial score (nSPS) is 11.2. The van der Waals surface area contributed by atoms with Gasteiger partial charge in [0.05, 0.1) is 0 Å². The largest absolute Gasteiger partial charge is 0.573 e. The standard InChI is InChI=1S/C13H9F3N2O2/c14-13(15,16)20-10-3-1-9(2-4-10)7-12(19)11-5-6-17-8-18-11/h1-6,8H,7H2. The summed E-state index contributed by atoms with van der Waals surface area (Å²) in [5, 5.41) is 0. The Morgan fingerprint density at radius 3 is 2.40 bits per heavy atom. The third-order valence-corrected chi connectivity index (χ3v) is 2.39. The third kappa shape index (κ3) is 4.04. The zero-order valence-corrected chi connectivity index (χ0v) is 10.1. The van der Waals surface area contributed by atoms with Crippen LogP contribution in [0.4, 0.5) is 13.2 Å². The highest BCUT2D eigenvalue weighted by atomic mass is 19.4. The molecule has 0 unspecified atom stereocenters. The fraction of sp³-hybridized carbons (Fsp3) is 0.154. The molecule has 0 radical (unpaired) electrons. The molecule has 104 valence electrons. The minimum atomic E-state index is -4.72. The van der Waals surface area contributed by atoms with Crippen molar-refractivity contribution in [2.24, 2.45) is 0 Å². The van der Waals surface area contributed by atoms with E-state index in [0.29, 0.717) is 5.56 Å². The topological polar surface area (TPSA) is 52.1 Å². The Balaban J connectivity index is 2.02. The lowest BCUT2D eigenvalue weighted by Gasteiger charge is -2.09. The van der Waals surface area contributed by atoms with Gasteiger partial charge in [-0.25, -0.2) is 9.97 Å². The van der Waals surface area contributed by atoms with Crippen LogP contribution in [0.2, 0.25) is 0 Å². The predicted molar refractivity (Wildman–Crippen MR) is 63.2 cm³/mol. The van der Waals surface area contributed by atoms with Gasteiger partial charge in [0.15, 0.2) is 5.78 Å². The molecule has 0 fully saturated rings. The van der Waals surface area contributed by atoms with Crippen LogP contribution in [0.5, 0.6) is 5.75 Å². The molecule has 1 heterocycles. The van der Waals surface area contributed by atoms with Crippen molar-refractivity contribution < 1.29 is 22.7 Å². The summed E-state index contributed by atoms with van der Waals surface area (Å²) in [6.07, 6.45) is -1.98. The van der Waals surface area contributed by atoms with Gasteiger partial charge in [0.2, 0.25) is 0 Å². The summed E-state index contributed by atoms with van der Waals surface area (Å²) in [6, 6.07) is 6.61. The average Bonchev–Trinajstić information content (AvgIpc) is 2.40. The highest BCUT2D eigenvalue weighted by Gasteiger charge is 2.30. The Labute approximate surface area is 112 Å². The van der Waals surface area contributed by atoms with E-state index in [0.717, 1.165) is 12.1 Å². The molecule has 20 heavy (non-hydrogen) atoms. The molecule has 0 spiro atoms. The lowest BCUT2D eigenvalue weighted by Crippen LogP contribution is -2.17. The number of halogens is 3. The van der Waals surface area contributed by atoms with Crippen LogP contribution in [-0.2, 0) is 6.42 Å². The monoisotopic (exact) mass is 282 g/mol. The van der Waals surface area contributed by atoms with E-state index >= 15 is 0 Å². The number of hydrogen-bond donors (Lipinski definition) is 0. The molecule has 0 N–H and O–H groups in total. The van der Waals surface area contributed by atoms with Gasteiger partial charge in [0, 0.05) is 12.6 Å². The number of aromatic nitrogens is 2. The van der Waals surface area contributed by atoms with Crippen LogP contribution in [0.1, 0.15) is 16.1 Å². The first-order valence-corrected chi connectivity index (χ1v) is 5.58. The van der Waals surface area contributed by atoms with E-state index in [1.54, 1.807) is 0 Å². The number of alkyl halides is 3. The molecule has 0 aliphatic heterocycles. The summed E-state index contributed by atoms with van der Waals surface area (Å²) in [4.78, 5) is 19.3. The van der Waals surface area contributed by atoms with E-state index in [2.05, 4.69) is 14.7 Å². The average molecular weight is 282 g/mol. The molecule has 1 aromatic heterocycles. The van der Waals surface area contributed by atoms with Crippen molar-refractivity contribution in [3.05, 3.63) is 54.1 Å². The van der Waals surface area contributed by atoms with Gasteiger partial charge < -0.3 is 4.74 Å². The van der Waals surface area contributed by atoms with Crippen molar-refractivity contribution in [2.75, 3.05) is 0 Å². The van der Waals surface area contributed by atoms with Gasteiger partial charge in [-0.05, 0) is 23.8 Å². The molecule has 2 rings (SSSR count). The number of benzene rings is 1. The summed E-state index contributed by atoms with van der Waals surface area (Å²) < 4.78 is 39.7. The second-order valence-electron chi connectivity index (χ2n) is 3.89. The van der Waals surface area contributed by atoms with Crippen LogP contribution in [0.25, 0.3) is 0 Å². The number of Topliss-reactive ketones (excluding diaryl/α,β-unsaturated/α-hetero) is 1. The predicted octanol–water partition coefficient (Wildman–Crippen LogP) is 2.80. The van der Waals surface area contributed by atoms with Crippen LogP contribution in [0.3, 0.4) is 0 Å². The number of ketones is 1. The van der Waals surface area contributed by atoms with Crippen LogP contribution >= 0.6 is 0 Å². The molecule has 4 nitrogen and oxygen atoms in total. The zero-order chi connectivity index (χ0) is 14.6. The summed E-state index contributed by atoms with van der Waals surface area (Å²) in [6.45, 7) is 0. The van der Waals surface area contributed by atoms with E-state index in [-0.39, 0.29) is 23.6 Å². The Morgan fingerprint density at radius 2 is 1.85 bits per heavy atom. The highest BCUT2D eigenvalue weighted by molar-refractivity contribution is 5.95. The maximum atomic E-state index is 12.0. The van der Waals surface area contributed by atoms with Crippen molar-refractivity contribution in [1.82, 2.24) is 9.97 Å². The van der Waals surface area contributed by atoms with Crippen LogP contribution < -0.4 is 4.74 Å². The lowest BCUT2D eigenvalue weighted by atomic mass is 10.1. The summed E-state index contributed by atoms with van der Waals surface area (Å²) in [5.74, 6) is -0.562. The zero-order valence-electron chi connectivity index (χ0n) is 10.1. The quantitative estimate of drug-likeness (QED) is 0.809. The van der Waals surface area contributed by atoms with Gasteiger partial charge in [-0.15, -0.1) is 13.2 Å². The number of carbonyl (C=O) groups excluding carboxylic acids is 1. The van der Waals surface area contributed by atoms with Gasteiger partial charge in [-0.2, -0.15) is 0 Å². The Morgan fingerprint density at radius 1 is 1.15 bits per heavy atom. The molecule has 0 amide bonds. The smallest absolute Gasteiger partial charge is 0.406 e. The number of nitrogens with zero attached hydrogens (tertiary/aromatic N) is 2. The molecule has 1 aromatic carbocycles. The molecule has 2 aromatic rings. The van der Waals surface area contributed by atoms with Gasteiger partial charge in [-0.1, -0.05) is 12.1 Å². The van der Waals surface area contributed by atoms with Crippen LogP contribution in [-0.4, -0.2) is 22.1 Å². The van der Waals surface area contributed by atoms with Crippen LogP contribution in [0, 0.1) is 0 Å². The Hall–Kier alpha value is -2.44. The first-order valence-electron chi connectivity index (χ1n) is 5.58. The summed E-state index contributed by atoms with van der Waals surface area (Å²) >= 11 is 0. The second-order valence-corrected chi connectivity index (χ2v) is 3.89. The van der Waals surface area contributed by atoms with Gasteiger partial charge >= 0.3 is 6.36 Å². The molecule has 0 aliphatic carbocycles. The highest BCUT2D eigenvalue weighted by Crippen LogP contribution is 2.23. The molecular weight excluding hydrogens is 273 g/mol. The molecule has 0 aliphatic rings. The van der Waals surface area contributed by atoms with Gasteiger partial charge in [0.25, 0.3) is 0 Å². The minimum Gasteiger partial charge on any atom is -0.406 e. The van der Waals surface area contributed by atoms with E-state index in [1.165, 1.54) is 30.7 Å². The summed E-state index contributed by atoms with van der Waals surface area (Å²) in [5.41, 5.74) is 0.832. The summed E-state index contributed by atoms with van der Waals surface area (Å²) in [7, 11) is 0. The van der Waals surface area contributed by atoms with Gasteiger partial charge in [-0.3, -0.25) is 4.79 Å². The first-order chi connectivity index (χ1) is 9.44. The van der Waals surface area contributed by atoms with E-state index in [1.807, 2.05) is 0 Å². The van der Waals surface area contributed by atoms with Crippen molar-refractivity contribution in [3.8, 4) is 5.75 Å². The molecular formula is C13H9F3N2O2. The third-order valence-electron chi connectivity index (χ3n) is 2.39. The van der Waals surface area contributed by atoms with E-state index in [4.69, 9.17) is 0 Å². The fourth-order valence-corrected chi connectivity index (χ4v) is 1.54. The Kier molecular flexibility index (Phi) is 3.97. The number of carbonyl (C=O) groups is 1. The molecule has 7 heteroatoms. The second kappa shape index (κ2) is 5.68. The number of hydrogen-bond acceptors (Lipinski definition) is 4. The Bertz CT molecular complexity index is 583. The van der Waals surface area contributed by atoms with Crippen molar-refractivity contribution in [3.63, 3.8) is 0 Å². The SMILES string of the molecule is O=C(Cc1ccc(OC(F)(F)F)cc1)c1ccncn1. The van der Waals surface area contributed by atoms with E-state index in [9.17, 15) is 18.0 Å². The first kappa shape index (κ1) is 14.0. The lowest BCUT2D eigenvalue weighted by molar-refractivity contribution is -0.274. The molecule has 0 bridgehead atoms. The van der Waals surface area contributed by atoms with E-state index < -0.39 is 6.36 Å².